The number of rotatable bonds is 4. The smallest absolute Gasteiger partial charge is 0.405 e. The van der Waals surface area contributed by atoms with Gasteiger partial charge in [-0.15, -0.1) is 11.3 Å². The molecule has 1 aliphatic heterocycles. The summed E-state index contributed by atoms with van der Waals surface area (Å²) >= 11 is 7.97. The van der Waals surface area contributed by atoms with E-state index in [2.05, 4.69) is 27.3 Å². The lowest BCUT2D eigenvalue weighted by atomic mass is 10.1. The highest BCUT2D eigenvalue weighted by atomic mass is 35.5. The van der Waals surface area contributed by atoms with Crippen LogP contribution in [-0.4, -0.2) is 42.2 Å². The van der Waals surface area contributed by atoms with Crippen LogP contribution in [0.3, 0.4) is 0 Å². The lowest BCUT2D eigenvalue weighted by Crippen LogP contribution is -2.47. The maximum Gasteiger partial charge on any atom is 0.419 e. The maximum atomic E-state index is 11.9. The van der Waals surface area contributed by atoms with Gasteiger partial charge in [0.1, 0.15) is 0 Å². The van der Waals surface area contributed by atoms with Crippen LogP contribution in [0.2, 0.25) is 5.02 Å². The molecule has 3 heterocycles. The molecule has 1 fully saturated rings. The molecule has 5 rings (SSSR count). The van der Waals surface area contributed by atoms with E-state index in [0.29, 0.717) is 5.58 Å². The fraction of sp³-hybridized carbons (Fsp3) is 0.318. The number of nitrogens with zero attached hydrogens (tertiary/aromatic N) is 3. The highest BCUT2D eigenvalue weighted by molar-refractivity contribution is 7.17. The third kappa shape index (κ3) is 3.45. The Balaban J connectivity index is 1.26. The van der Waals surface area contributed by atoms with E-state index in [1.807, 2.05) is 24.3 Å². The quantitative estimate of drug-likeness (QED) is 0.485. The van der Waals surface area contributed by atoms with Gasteiger partial charge >= 0.3 is 5.76 Å². The van der Waals surface area contributed by atoms with E-state index in [1.165, 1.54) is 15.6 Å². The predicted octanol–water partition coefficient (Wildman–Crippen LogP) is 4.36. The summed E-state index contributed by atoms with van der Waals surface area (Å²) in [5.41, 5.74) is 3.93. The van der Waals surface area contributed by atoms with Crippen molar-refractivity contribution in [3.63, 3.8) is 0 Å². The lowest BCUT2D eigenvalue weighted by molar-refractivity contribution is 0.261. The van der Waals surface area contributed by atoms with Crippen LogP contribution < -0.4 is 10.7 Å². The number of oxazole rings is 1. The van der Waals surface area contributed by atoms with Gasteiger partial charge in [-0.25, -0.2) is 4.79 Å². The molecule has 0 N–H and O–H groups in total. The molecule has 1 aliphatic rings. The fourth-order valence-electron chi connectivity index (χ4n) is 4.12. The molecular formula is C22H22ClN3O2S. The van der Waals surface area contributed by atoms with Gasteiger partial charge in [-0.1, -0.05) is 17.7 Å². The van der Waals surface area contributed by atoms with Crippen molar-refractivity contribution in [1.29, 1.82) is 0 Å². The molecule has 0 spiro atoms. The standard InChI is InChI=1S/C22H22ClN3O2S/c1-24-18-3-2-4-19(21(18)28-22(24)27)26-11-9-25(10-12-26)8-7-15-14-29-20-6-5-16(23)13-17(15)20/h2-6,13-14H,7-12H2,1H3. The number of benzene rings is 2. The zero-order valence-corrected chi connectivity index (χ0v) is 17.8. The van der Waals surface area contributed by atoms with Crippen molar-refractivity contribution in [3.05, 3.63) is 62.9 Å². The maximum absolute atomic E-state index is 11.9. The molecule has 0 saturated carbocycles. The highest BCUT2D eigenvalue weighted by Gasteiger charge is 2.21. The Hall–Kier alpha value is -2.28. The molecule has 4 aromatic rings. The number of halogens is 1. The average molecular weight is 428 g/mol. The Morgan fingerprint density at radius 1 is 1.14 bits per heavy atom. The Morgan fingerprint density at radius 2 is 1.97 bits per heavy atom. The zero-order valence-electron chi connectivity index (χ0n) is 16.2. The average Bonchev–Trinajstić information content (AvgIpc) is 3.27. The van der Waals surface area contributed by atoms with Crippen molar-refractivity contribution in [2.45, 2.75) is 6.42 Å². The van der Waals surface area contributed by atoms with Gasteiger partial charge in [0, 0.05) is 49.5 Å². The third-order valence-electron chi connectivity index (χ3n) is 5.82. The number of thiophene rings is 1. The van der Waals surface area contributed by atoms with E-state index in [4.69, 9.17) is 16.0 Å². The van der Waals surface area contributed by atoms with Crippen molar-refractivity contribution in [2.75, 3.05) is 37.6 Å². The Bertz CT molecular complexity index is 1230. The van der Waals surface area contributed by atoms with E-state index in [9.17, 15) is 4.79 Å². The van der Waals surface area contributed by atoms with Gasteiger partial charge in [-0.05, 0) is 53.1 Å². The van der Waals surface area contributed by atoms with Crippen molar-refractivity contribution in [2.24, 2.45) is 7.05 Å². The second kappa shape index (κ2) is 7.52. The van der Waals surface area contributed by atoms with Crippen molar-refractivity contribution < 1.29 is 4.42 Å². The Kier molecular flexibility index (Phi) is 4.86. The molecule has 2 aromatic carbocycles. The topological polar surface area (TPSA) is 41.6 Å². The molecule has 0 aliphatic carbocycles. The van der Waals surface area contributed by atoms with Crippen LogP contribution in [0.5, 0.6) is 0 Å². The van der Waals surface area contributed by atoms with Gasteiger partial charge in [-0.2, -0.15) is 0 Å². The number of anilines is 1. The number of hydrogen-bond donors (Lipinski definition) is 0. The van der Waals surface area contributed by atoms with Crippen molar-refractivity contribution in [1.82, 2.24) is 9.47 Å². The molecule has 29 heavy (non-hydrogen) atoms. The summed E-state index contributed by atoms with van der Waals surface area (Å²) in [6.07, 6.45) is 1.03. The van der Waals surface area contributed by atoms with Gasteiger partial charge in [0.15, 0.2) is 5.58 Å². The molecular weight excluding hydrogens is 406 g/mol. The summed E-state index contributed by atoms with van der Waals surface area (Å²) in [6, 6.07) is 12.1. The lowest BCUT2D eigenvalue weighted by Gasteiger charge is -2.36. The number of aryl methyl sites for hydroxylation is 1. The van der Waals surface area contributed by atoms with Gasteiger partial charge in [0.2, 0.25) is 0 Å². The second-order valence-corrected chi connectivity index (χ2v) is 8.88. The first-order valence-corrected chi connectivity index (χ1v) is 11.1. The molecule has 150 valence electrons. The second-order valence-electron chi connectivity index (χ2n) is 7.53. The monoisotopic (exact) mass is 427 g/mol. The Morgan fingerprint density at radius 3 is 2.79 bits per heavy atom. The minimum atomic E-state index is -0.311. The Labute approximate surface area is 177 Å². The van der Waals surface area contributed by atoms with Gasteiger partial charge in [-0.3, -0.25) is 9.47 Å². The van der Waals surface area contributed by atoms with Crippen LogP contribution in [-0.2, 0) is 13.5 Å². The summed E-state index contributed by atoms with van der Waals surface area (Å²) in [7, 11) is 1.75. The van der Waals surface area contributed by atoms with Gasteiger partial charge < -0.3 is 9.32 Å². The van der Waals surface area contributed by atoms with E-state index in [1.54, 1.807) is 23.0 Å². The summed E-state index contributed by atoms with van der Waals surface area (Å²) in [4.78, 5) is 16.7. The van der Waals surface area contributed by atoms with Crippen LogP contribution in [0.1, 0.15) is 5.56 Å². The summed E-state index contributed by atoms with van der Waals surface area (Å²) in [5.74, 6) is -0.311. The minimum absolute atomic E-state index is 0.311. The van der Waals surface area contributed by atoms with E-state index >= 15 is 0 Å². The largest absolute Gasteiger partial charge is 0.419 e. The number of aromatic nitrogens is 1. The number of hydrogen-bond acceptors (Lipinski definition) is 5. The SMILES string of the molecule is Cn1c(=O)oc2c(N3CCN(CCc4csc5ccc(Cl)cc45)CC3)cccc21. The molecule has 7 heteroatoms. The van der Waals surface area contributed by atoms with Crippen LogP contribution in [0, 0.1) is 0 Å². The molecule has 2 aromatic heterocycles. The van der Waals surface area contributed by atoms with E-state index in [-0.39, 0.29) is 5.76 Å². The van der Waals surface area contributed by atoms with Crippen molar-refractivity contribution in [3.8, 4) is 0 Å². The molecule has 0 atom stereocenters. The minimum Gasteiger partial charge on any atom is -0.405 e. The highest BCUT2D eigenvalue weighted by Crippen LogP contribution is 2.30. The first-order chi connectivity index (χ1) is 14.1. The van der Waals surface area contributed by atoms with Gasteiger partial charge in [0.25, 0.3) is 0 Å². The number of piperazine rings is 1. The number of para-hydroxylation sites is 1. The van der Waals surface area contributed by atoms with Crippen LogP contribution >= 0.6 is 22.9 Å². The zero-order chi connectivity index (χ0) is 20.0. The van der Waals surface area contributed by atoms with Crippen LogP contribution in [0.4, 0.5) is 5.69 Å². The molecule has 1 saturated heterocycles. The molecule has 0 bridgehead atoms. The van der Waals surface area contributed by atoms with E-state index < -0.39 is 0 Å². The number of fused-ring (bicyclic) bond motifs is 2. The van der Waals surface area contributed by atoms with E-state index in [0.717, 1.165) is 55.4 Å². The van der Waals surface area contributed by atoms with Crippen LogP contribution in [0.25, 0.3) is 21.2 Å². The summed E-state index contributed by atoms with van der Waals surface area (Å²) < 4.78 is 8.36. The third-order valence-corrected chi connectivity index (χ3v) is 7.07. The molecule has 0 amide bonds. The van der Waals surface area contributed by atoms with Crippen LogP contribution in [0.15, 0.2) is 51.0 Å². The molecule has 5 nitrogen and oxygen atoms in total. The summed E-state index contributed by atoms with van der Waals surface area (Å²) in [5, 5.41) is 4.34. The molecule has 0 radical (unpaired) electrons. The van der Waals surface area contributed by atoms with Crippen molar-refractivity contribution >= 4 is 49.8 Å². The summed E-state index contributed by atoms with van der Waals surface area (Å²) in [6.45, 7) is 4.88. The molecule has 0 unspecified atom stereocenters. The predicted molar refractivity (Wildman–Crippen MR) is 121 cm³/mol. The fourth-order valence-corrected chi connectivity index (χ4v) is 5.27. The first kappa shape index (κ1) is 18.7. The normalized spacial score (nSPS) is 15.6. The first-order valence-electron chi connectivity index (χ1n) is 9.81. The van der Waals surface area contributed by atoms with Gasteiger partial charge in [0.05, 0.1) is 11.2 Å².